The van der Waals surface area contributed by atoms with Gasteiger partial charge in [-0.3, -0.25) is 9.78 Å². The van der Waals surface area contributed by atoms with E-state index >= 15 is 0 Å². The minimum atomic E-state index is -1.91. The number of aromatic nitrogens is 2. The lowest BCUT2D eigenvalue weighted by atomic mass is 9.99. The van der Waals surface area contributed by atoms with Gasteiger partial charge in [0.25, 0.3) is 0 Å². The Labute approximate surface area is 191 Å². The molecule has 8 heteroatoms. The Morgan fingerprint density at radius 2 is 1.82 bits per heavy atom. The fourth-order valence-corrected chi connectivity index (χ4v) is 3.35. The van der Waals surface area contributed by atoms with Crippen molar-refractivity contribution in [3.63, 3.8) is 0 Å². The fraction of sp³-hybridized carbons (Fsp3) is 0.240. The molecule has 0 spiro atoms. The van der Waals surface area contributed by atoms with Crippen LogP contribution in [0.15, 0.2) is 66.9 Å². The summed E-state index contributed by atoms with van der Waals surface area (Å²) in [5.41, 5.74) is 7.42. The van der Waals surface area contributed by atoms with Gasteiger partial charge in [-0.05, 0) is 31.5 Å². The number of aldehydes is 1. The zero-order chi connectivity index (χ0) is 24.0. The number of hydrogen-bond acceptors (Lipinski definition) is 7. The molecule has 2 unspecified atom stereocenters. The van der Waals surface area contributed by atoms with E-state index in [1.165, 1.54) is 10.8 Å². The highest BCUT2D eigenvalue weighted by Crippen LogP contribution is 2.28. The van der Waals surface area contributed by atoms with Gasteiger partial charge in [-0.25, -0.2) is 0 Å². The van der Waals surface area contributed by atoms with E-state index in [1.54, 1.807) is 19.2 Å². The van der Waals surface area contributed by atoms with Gasteiger partial charge < -0.3 is 25.2 Å². The third-order valence-corrected chi connectivity index (χ3v) is 5.25. The number of nitrogens with zero attached hydrogens (tertiary/aromatic N) is 2. The molecule has 2 aromatic heterocycles. The monoisotopic (exact) mass is 449 g/mol. The number of aliphatic hydroxyl groups is 1. The van der Waals surface area contributed by atoms with Gasteiger partial charge in [0.05, 0.1) is 11.2 Å². The van der Waals surface area contributed by atoms with Gasteiger partial charge in [0.1, 0.15) is 30.9 Å². The highest BCUT2D eigenvalue weighted by molar-refractivity contribution is 6.08. The van der Waals surface area contributed by atoms with E-state index in [2.05, 4.69) is 17.1 Å². The number of hydrogen-bond donors (Lipinski definition) is 2. The molecule has 4 aromatic rings. The molecule has 4 rings (SSSR count). The largest absolute Gasteiger partial charge is 0.460 e. The Morgan fingerprint density at radius 1 is 1.15 bits per heavy atom. The molecule has 0 saturated heterocycles. The molecule has 8 nitrogen and oxygen atoms in total. The second-order valence-electron chi connectivity index (χ2n) is 7.70. The molecule has 0 radical (unpaired) electrons. The number of para-hydroxylation sites is 1. The predicted molar refractivity (Wildman–Crippen MR) is 125 cm³/mol. The maximum Gasteiger partial charge on any atom is 0.326 e. The Balaban J connectivity index is 0.000000186. The van der Waals surface area contributed by atoms with Gasteiger partial charge in [0.2, 0.25) is 0 Å². The van der Waals surface area contributed by atoms with Crippen molar-refractivity contribution in [1.29, 1.82) is 0 Å². The van der Waals surface area contributed by atoms with Gasteiger partial charge >= 0.3 is 5.97 Å². The number of aryl methyl sites for hydroxylation is 1. The van der Waals surface area contributed by atoms with Crippen LogP contribution in [0.3, 0.4) is 0 Å². The second-order valence-corrected chi connectivity index (χ2v) is 7.70. The van der Waals surface area contributed by atoms with Crippen molar-refractivity contribution in [1.82, 2.24) is 9.71 Å². The smallest absolute Gasteiger partial charge is 0.326 e. The van der Waals surface area contributed by atoms with Crippen LogP contribution >= 0.6 is 0 Å². The lowest BCUT2D eigenvalue weighted by Crippen LogP contribution is -2.52. The van der Waals surface area contributed by atoms with E-state index in [0.717, 1.165) is 29.2 Å². The lowest BCUT2D eigenvalue weighted by molar-refractivity contribution is -0.154. The molecule has 2 aromatic carbocycles. The molecule has 0 aliphatic rings. The van der Waals surface area contributed by atoms with E-state index in [-0.39, 0.29) is 12.9 Å². The van der Waals surface area contributed by atoms with Crippen LogP contribution in [0, 0.1) is 6.92 Å². The van der Waals surface area contributed by atoms with E-state index < -0.39 is 17.6 Å². The molecule has 0 amide bonds. The third-order valence-electron chi connectivity index (χ3n) is 5.25. The van der Waals surface area contributed by atoms with Crippen LogP contribution in [0.4, 0.5) is 0 Å². The Bertz CT molecular complexity index is 1250. The molecule has 0 fully saturated rings. The first-order valence-corrected chi connectivity index (χ1v) is 10.3. The zero-order valence-electron chi connectivity index (χ0n) is 18.8. The molecular formula is C25H27N3O5. The summed E-state index contributed by atoms with van der Waals surface area (Å²) >= 11 is 0. The minimum absolute atomic E-state index is 0.0578. The molecular weight excluding hydrogens is 422 g/mol. The summed E-state index contributed by atoms with van der Waals surface area (Å²) in [6.45, 7) is 3.22. The highest BCUT2D eigenvalue weighted by Gasteiger charge is 2.35. The molecule has 2 atom stereocenters. The molecule has 172 valence electrons. The second kappa shape index (κ2) is 10.2. The Kier molecular flexibility index (Phi) is 7.42. The number of ether oxygens (including phenoxy) is 1. The highest BCUT2D eigenvalue weighted by atomic mass is 16.6. The lowest BCUT2D eigenvalue weighted by Gasteiger charge is -2.22. The summed E-state index contributed by atoms with van der Waals surface area (Å²) in [7, 11) is 1.68. The predicted octanol–water partition coefficient (Wildman–Crippen LogP) is 2.56. The SMILES string of the molecule is CC(O)(C=O)C(N)C(=O)OCc1ccccc1.COn1c2ccccc2c2ccnc(C)c21. The average Bonchev–Trinajstić information content (AvgIpc) is 3.18. The number of nitrogens with two attached hydrogens (primary N) is 1. The first-order chi connectivity index (χ1) is 15.8. The normalized spacial score (nSPS) is 13.5. The first-order valence-electron chi connectivity index (χ1n) is 10.3. The van der Waals surface area contributed by atoms with Crippen molar-refractivity contribution in [2.24, 2.45) is 5.73 Å². The van der Waals surface area contributed by atoms with Crippen LogP contribution in [0.2, 0.25) is 0 Å². The summed E-state index contributed by atoms with van der Waals surface area (Å²) in [6, 6.07) is 17.9. The average molecular weight is 450 g/mol. The van der Waals surface area contributed by atoms with E-state index in [4.69, 9.17) is 15.3 Å². The van der Waals surface area contributed by atoms with Crippen molar-refractivity contribution in [2.75, 3.05) is 7.11 Å². The zero-order valence-corrected chi connectivity index (χ0v) is 18.8. The Morgan fingerprint density at radius 3 is 2.48 bits per heavy atom. The number of benzene rings is 2. The van der Waals surface area contributed by atoms with Crippen LogP contribution in [0.5, 0.6) is 0 Å². The standard InChI is InChI=1S/C13H12N2O.C12H15NO4/c1-9-13-11(7-8-14-9)10-5-3-4-6-12(10)15(13)16-2;1-12(16,8-14)10(13)11(15)17-7-9-5-3-2-4-6-9/h3-8H,1-2H3;2-6,8,10,16H,7,13H2,1H3. The molecule has 0 aliphatic carbocycles. The number of pyridine rings is 1. The van der Waals surface area contributed by atoms with Crippen molar-refractivity contribution < 1.29 is 24.3 Å². The number of esters is 1. The van der Waals surface area contributed by atoms with Crippen molar-refractivity contribution in [3.8, 4) is 0 Å². The summed E-state index contributed by atoms with van der Waals surface area (Å²) in [4.78, 5) is 31.7. The molecule has 33 heavy (non-hydrogen) atoms. The van der Waals surface area contributed by atoms with Gasteiger partial charge in [-0.1, -0.05) is 48.5 Å². The molecule has 2 heterocycles. The quantitative estimate of drug-likeness (QED) is 0.343. The molecule has 0 aliphatic heterocycles. The maximum atomic E-state index is 11.5. The summed E-state index contributed by atoms with van der Waals surface area (Å²) in [5, 5.41) is 11.8. The van der Waals surface area contributed by atoms with Gasteiger partial charge in [-0.2, -0.15) is 4.73 Å². The Hall–Kier alpha value is -3.75. The van der Waals surface area contributed by atoms with Crippen LogP contribution in [0.1, 0.15) is 18.2 Å². The molecule has 0 bridgehead atoms. The van der Waals surface area contributed by atoms with Gasteiger partial charge in [0.15, 0.2) is 6.29 Å². The molecule has 3 N–H and O–H groups in total. The number of rotatable bonds is 6. The van der Waals surface area contributed by atoms with Gasteiger partial charge in [0, 0.05) is 17.0 Å². The van der Waals surface area contributed by atoms with Crippen LogP contribution in [-0.2, 0) is 20.9 Å². The maximum absolute atomic E-state index is 11.5. The first kappa shape index (κ1) is 23.9. The minimum Gasteiger partial charge on any atom is -0.460 e. The summed E-state index contributed by atoms with van der Waals surface area (Å²) in [5.74, 6) is -0.814. The number of carbonyl (C=O) groups is 2. The third kappa shape index (κ3) is 5.19. The van der Waals surface area contributed by atoms with Crippen molar-refractivity contribution >= 4 is 34.1 Å². The number of carbonyl (C=O) groups excluding carboxylic acids is 2. The number of fused-ring (bicyclic) bond motifs is 3. The summed E-state index contributed by atoms with van der Waals surface area (Å²) in [6.07, 6.45) is 2.06. The topological polar surface area (TPSA) is 117 Å². The van der Waals surface area contributed by atoms with Crippen molar-refractivity contribution in [3.05, 3.63) is 78.1 Å². The van der Waals surface area contributed by atoms with E-state index in [9.17, 15) is 14.7 Å². The van der Waals surface area contributed by atoms with Crippen LogP contribution < -0.4 is 10.6 Å². The fourth-order valence-electron chi connectivity index (χ4n) is 3.35. The van der Waals surface area contributed by atoms with Crippen LogP contribution in [-0.4, -0.2) is 45.8 Å². The van der Waals surface area contributed by atoms with Crippen LogP contribution in [0.25, 0.3) is 21.8 Å². The van der Waals surface area contributed by atoms with E-state index in [1.807, 2.05) is 54.2 Å². The summed E-state index contributed by atoms with van der Waals surface area (Å²) < 4.78 is 6.74. The van der Waals surface area contributed by atoms with Crippen molar-refractivity contribution in [2.45, 2.75) is 32.1 Å². The van der Waals surface area contributed by atoms with Gasteiger partial charge in [-0.15, -0.1) is 0 Å². The molecule has 0 saturated carbocycles. The van der Waals surface area contributed by atoms with E-state index in [0.29, 0.717) is 0 Å².